The van der Waals surface area contributed by atoms with Crippen LogP contribution in [0.1, 0.15) is 41.9 Å². The lowest BCUT2D eigenvalue weighted by Gasteiger charge is -2.41. The first-order valence-corrected chi connectivity index (χ1v) is 10.2. The average Bonchev–Trinajstić information content (AvgIpc) is 3.16. The summed E-state index contributed by atoms with van der Waals surface area (Å²) in [4.78, 5) is 19.4. The van der Waals surface area contributed by atoms with Crippen LogP contribution in [0, 0.1) is 6.92 Å². The van der Waals surface area contributed by atoms with Crippen molar-refractivity contribution >= 4 is 5.91 Å². The number of piperidine rings is 1. The van der Waals surface area contributed by atoms with Crippen LogP contribution in [-0.2, 0) is 15.1 Å². The van der Waals surface area contributed by atoms with Crippen molar-refractivity contribution in [2.75, 3.05) is 26.5 Å². The molecule has 30 heavy (non-hydrogen) atoms. The Labute approximate surface area is 176 Å². The van der Waals surface area contributed by atoms with Crippen LogP contribution in [0.5, 0.6) is 5.75 Å². The first-order valence-electron chi connectivity index (χ1n) is 10.2. The first kappa shape index (κ1) is 20.8. The van der Waals surface area contributed by atoms with Crippen LogP contribution < -0.4 is 4.74 Å². The van der Waals surface area contributed by atoms with E-state index in [1.807, 2.05) is 25.1 Å². The zero-order valence-corrected chi connectivity index (χ0v) is 17.6. The first-order chi connectivity index (χ1) is 14.3. The summed E-state index contributed by atoms with van der Waals surface area (Å²) < 4.78 is 31.1. The van der Waals surface area contributed by atoms with E-state index >= 15 is 0 Å². The molecule has 2 fully saturated rings. The standard InChI is InChI=1S/C23H27FN2O4/c1-16-12-17(7-8-18(16)28-14-22(2,3)24)21(27)26-11-9-23(19-6-4-5-10-25-19)20(13-26)29-15-30-23/h4-8,10,12,20H,9,11,13-15H2,1-3H3/t20?,23-/m1/s1. The van der Waals surface area contributed by atoms with Gasteiger partial charge in [0.25, 0.3) is 5.91 Å². The fourth-order valence-electron chi connectivity index (χ4n) is 4.02. The van der Waals surface area contributed by atoms with Gasteiger partial charge in [0.2, 0.25) is 0 Å². The number of fused-ring (bicyclic) bond motifs is 1. The van der Waals surface area contributed by atoms with Crippen LogP contribution in [0.15, 0.2) is 42.6 Å². The lowest BCUT2D eigenvalue weighted by Crippen LogP contribution is -2.53. The van der Waals surface area contributed by atoms with Crippen LogP contribution >= 0.6 is 0 Å². The Kier molecular flexibility index (Phi) is 5.51. The molecule has 3 heterocycles. The predicted molar refractivity (Wildman–Crippen MR) is 109 cm³/mol. The lowest BCUT2D eigenvalue weighted by atomic mass is 9.85. The molecule has 0 aliphatic carbocycles. The predicted octanol–water partition coefficient (Wildman–Crippen LogP) is 3.63. The van der Waals surface area contributed by atoms with E-state index in [9.17, 15) is 9.18 Å². The Balaban J connectivity index is 1.47. The van der Waals surface area contributed by atoms with Gasteiger partial charge >= 0.3 is 0 Å². The molecule has 2 saturated heterocycles. The largest absolute Gasteiger partial charge is 0.490 e. The van der Waals surface area contributed by atoms with Gasteiger partial charge in [-0.05, 0) is 56.7 Å². The van der Waals surface area contributed by atoms with E-state index < -0.39 is 11.3 Å². The van der Waals surface area contributed by atoms with Gasteiger partial charge < -0.3 is 19.1 Å². The van der Waals surface area contributed by atoms with E-state index in [1.165, 1.54) is 13.8 Å². The van der Waals surface area contributed by atoms with Gasteiger partial charge in [-0.15, -0.1) is 0 Å². The Hall–Kier alpha value is -2.51. The van der Waals surface area contributed by atoms with Crippen molar-refractivity contribution < 1.29 is 23.4 Å². The van der Waals surface area contributed by atoms with E-state index in [2.05, 4.69) is 4.98 Å². The van der Waals surface area contributed by atoms with E-state index in [-0.39, 0.29) is 25.4 Å². The normalized spacial score (nSPS) is 23.9. The van der Waals surface area contributed by atoms with Gasteiger partial charge in [-0.3, -0.25) is 9.78 Å². The highest BCUT2D eigenvalue weighted by Crippen LogP contribution is 2.41. The monoisotopic (exact) mass is 414 g/mol. The molecule has 0 saturated carbocycles. The molecule has 6 nitrogen and oxygen atoms in total. The van der Waals surface area contributed by atoms with Gasteiger partial charge in [0, 0.05) is 24.7 Å². The number of hydrogen-bond donors (Lipinski definition) is 0. The Morgan fingerprint density at radius 2 is 2.20 bits per heavy atom. The number of halogens is 1. The molecule has 0 spiro atoms. The van der Waals surface area contributed by atoms with Crippen LogP contribution in [-0.4, -0.2) is 54.1 Å². The molecule has 2 aromatic rings. The molecule has 160 valence electrons. The molecule has 2 atom stereocenters. The van der Waals surface area contributed by atoms with E-state index in [0.29, 0.717) is 30.8 Å². The fraction of sp³-hybridized carbons (Fsp3) is 0.478. The summed E-state index contributed by atoms with van der Waals surface area (Å²) in [7, 11) is 0. The smallest absolute Gasteiger partial charge is 0.253 e. The van der Waals surface area contributed by atoms with Gasteiger partial charge in [-0.1, -0.05) is 6.07 Å². The molecule has 1 aromatic heterocycles. The fourth-order valence-corrected chi connectivity index (χ4v) is 4.02. The quantitative estimate of drug-likeness (QED) is 0.748. The number of pyridine rings is 1. The van der Waals surface area contributed by atoms with E-state index in [4.69, 9.17) is 14.2 Å². The Morgan fingerprint density at radius 3 is 2.90 bits per heavy atom. The van der Waals surface area contributed by atoms with Gasteiger partial charge in [-0.2, -0.15) is 0 Å². The average molecular weight is 414 g/mol. The van der Waals surface area contributed by atoms with Crippen molar-refractivity contribution in [1.29, 1.82) is 0 Å². The third-order valence-corrected chi connectivity index (χ3v) is 5.62. The van der Waals surface area contributed by atoms with Crippen molar-refractivity contribution in [3.8, 4) is 5.75 Å². The van der Waals surface area contributed by atoms with Crippen molar-refractivity contribution in [3.63, 3.8) is 0 Å². The Morgan fingerprint density at radius 1 is 1.37 bits per heavy atom. The van der Waals surface area contributed by atoms with Crippen LogP contribution in [0.4, 0.5) is 4.39 Å². The summed E-state index contributed by atoms with van der Waals surface area (Å²) in [5.41, 5.74) is 0.185. The van der Waals surface area contributed by atoms with Gasteiger partial charge in [-0.25, -0.2) is 4.39 Å². The molecule has 1 amide bonds. The zero-order valence-electron chi connectivity index (χ0n) is 17.6. The number of aryl methyl sites for hydroxylation is 1. The van der Waals surface area contributed by atoms with Gasteiger partial charge in [0.1, 0.15) is 36.5 Å². The maximum atomic E-state index is 13.7. The molecule has 2 aliphatic heterocycles. The Bertz CT molecular complexity index is 915. The van der Waals surface area contributed by atoms with Crippen molar-refractivity contribution in [2.45, 2.75) is 44.6 Å². The summed E-state index contributed by atoms with van der Waals surface area (Å²) in [5.74, 6) is 0.512. The topological polar surface area (TPSA) is 60.9 Å². The highest BCUT2D eigenvalue weighted by atomic mass is 19.1. The van der Waals surface area contributed by atoms with Gasteiger partial charge in [0.05, 0.1) is 12.2 Å². The van der Waals surface area contributed by atoms with Crippen molar-refractivity contribution in [2.24, 2.45) is 0 Å². The molecular weight excluding hydrogens is 387 g/mol. The number of benzene rings is 1. The van der Waals surface area contributed by atoms with Crippen LogP contribution in [0.2, 0.25) is 0 Å². The molecule has 0 radical (unpaired) electrons. The number of ether oxygens (including phenoxy) is 3. The summed E-state index contributed by atoms with van der Waals surface area (Å²) in [6, 6.07) is 11.0. The zero-order chi connectivity index (χ0) is 21.4. The summed E-state index contributed by atoms with van der Waals surface area (Å²) >= 11 is 0. The maximum absolute atomic E-state index is 13.7. The minimum absolute atomic E-state index is 0.0398. The molecule has 4 rings (SSSR count). The summed E-state index contributed by atoms with van der Waals surface area (Å²) in [6.45, 7) is 5.92. The number of aromatic nitrogens is 1. The van der Waals surface area contributed by atoms with Crippen LogP contribution in [0.3, 0.4) is 0 Å². The number of carbonyl (C=O) groups is 1. The molecule has 1 unspecified atom stereocenters. The number of amides is 1. The number of hydrogen-bond acceptors (Lipinski definition) is 5. The number of alkyl halides is 1. The third-order valence-electron chi connectivity index (χ3n) is 5.62. The second-order valence-corrected chi connectivity index (χ2v) is 8.51. The lowest BCUT2D eigenvalue weighted by molar-refractivity contribution is -0.0470. The number of likely N-dealkylation sites (tertiary alicyclic amines) is 1. The molecule has 7 heteroatoms. The molecule has 2 aliphatic rings. The SMILES string of the molecule is Cc1cc(C(=O)N2CC[C@]3(c4ccccn4)OCOC3C2)ccc1OCC(C)(C)F. The highest BCUT2D eigenvalue weighted by molar-refractivity contribution is 5.94. The maximum Gasteiger partial charge on any atom is 0.253 e. The molecule has 1 aromatic carbocycles. The number of nitrogens with zero attached hydrogens (tertiary/aromatic N) is 2. The molecule has 0 bridgehead atoms. The van der Waals surface area contributed by atoms with E-state index in [1.54, 1.807) is 29.3 Å². The van der Waals surface area contributed by atoms with Crippen molar-refractivity contribution in [1.82, 2.24) is 9.88 Å². The number of rotatable bonds is 5. The highest BCUT2D eigenvalue weighted by Gasteiger charge is 2.52. The second-order valence-electron chi connectivity index (χ2n) is 8.51. The summed E-state index contributed by atoms with van der Waals surface area (Å²) in [5, 5.41) is 0. The van der Waals surface area contributed by atoms with Crippen molar-refractivity contribution in [3.05, 3.63) is 59.4 Å². The van der Waals surface area contributed by atoms with E-state index in [0.717, 1.165) is 11.3 Å². The minimum Gasteiger partial charge on any atom is -0.490 e. The summed E-state index contributed by atoms with van der Waals surface area (Å²) in [6.07, 6.45) is 2.10. The minimum atomic E-state index is -1.42. The second kappa shape index (κ2) is 7.96. The van der Waals surface area contributed by atoms with Crippen LogP contribution in [0.25, 0.3) is 0 Å². The number of carbonyl (C=O) groups excluding carboxylic acids is 1. The molecule has 0 N–H and O–H groups in total. The van der Waals surface area contributed by atoms with Gasteiger partial charge in [0.15, 0.2) is 0 Å². The molecular formula is C23H27FN2O4. The third kappa shape index (κ3) is 4.04.